The first-order chi connectivity index (χ1) is 8.83. The van der Waals surface area contributed by atoms with Crippen molar-refractivity contribution in [2.45, 2.75) is 25.4 Å². The van der Waals surface area contributed by atoms with E-state index < -0.39 is 0 Å². The predicted molar refractivity (Wildman–Crippen MR) is 74.8 cm³/mol. The van der Waals surface area contributed by atoms with E-state index in [1.807, 2.05) is 0 Å². The van der Waals surface area contributed by atoms with Crippen LogP contribution in [-0.4, -0.2) is 44.3 Å². The van der Waals surface area contributed by atoms with Crippen LogP contribution in [0, 0.1) is 0 Å². The van der Waals surface area contributed by atoms with Crippen LogP contribution in [0.3, 0.4) is 0 Å². The average Bonchev–Trinajstić information content (AvgIpc) is 2.63. The first-order valence-corrected chi connectivity index (χ1v) is 6.85. The third-order valence-electron chi connectivity index (χ3n) is 3.88. The van der Waals surface area contributed by atoms with Crippen molar-refractivity contribution in [1.29, 1.82) is 0 Å². The van der Waals surface area contributed by atoms with Crippen LogP contribution in [0.1, 0.15) is 17.5 Å². The normalized spacial score (nSPS) is 18.1. The Kier molecular flexibility index (Phi) is 5.17. The summed E-state index contributed by atoms with van der Waals surface area (Å²) < 4.78 is 5.33. The van der Waals surface area contributed by atoms with Crippen LogP contribution in [0.4, 0.5) is 0 Å². The standard InChI is InChI=1S/C15H24N2O/c1-18-15(12-16)8-11-17-9-6-13-4-2-3-5-14(13)7-10-17/h2-5,15H,6-12,16H2,1H3. The second kappa shape index (κ2) is 6.88. The number of rotatable bonds is 5. The predicted octanol–water partition coefficient (Wildman–Crippen LogP) is 1.45. The Hall–Kier alpha value is -0.900. The van der Waals surface area contributed by atoms with Crippen molar-refractivity contribution in [1.82, 2.24) is 4.90 Å². The molecule has 1 atom stereocenters. The lowest BCUT2D eigenvalue weighted by Gasteiger charge is -2.22. The Morgan fingerprint density at radius 2 is 1.83 bits per heavy atom. The van der Waals surface area contributed by atoms with Crippen LogP contribution in [-0.2, 0) is 17.6 Å². The summed E-state index contributed by atoms with van der Waals surface area (Å²) in [5.74, 6) is 0. The number of benzene rings is 1. The van der Waals surface area contributed by atoms with Crippen LogP contribution in [0.5, 0.6) is 0 Å². The highest BCUT2D eigenvalue weighted by Gasteiger charge is 2.14. The molecule has 0 saturated heterocycles. The first kappa shape index (κ1) is 13.5. The summed E-state index contributed by atoms with van der Waals surface area (Å²) in [4.78, 5) is 2.53. The minimum atomic E-state index is 0.204. The van der Waals surface area contributed by atoms with Gasteiger partial charge in [0.15, 0.2) is 0 Å². The van der Waals surface area contributed by atoms with Gasteiger partial charge in [0.05, 0.1) is 6.10 Å². The summed E-state index contributed by atoms with van der Waals surface area (Å²) in [6, 6.07) is 8.81. The van der Waals surface area contributed by atoms with Crippen LogP contribution >= 0.6 is 0 Å². The highest BCUT2D eigenvalue weighted by atomic mass is 16.5. The van der Waals surface area contributed by atoms with E-state index >= 15 is 0 Å². The monoisotopic (exact) mass is 248 g/mol. The molecule has 0 bridgehead atoms. The first-order valence-electron chi connectivity index (χ1n) is 6.85. The molecule has 0 aromatic heterocycles. The second-order valence-corrected chi connectivity index (χ2v) is 4.99. The topological polar surface area (TPSA) is 38.5 Å². The number of fused-ring (bicyclic) bond motifs is 1. The highest BCUT2D eigenvalue weighted by molar-refractivity contribution is 5.28. The van der Waals surface area contributed by atoms with Crippen molar-refractivity contribution in [3.63, 3.8) is 0 Å². The van der Waals surface area contributed by atoms with E-state index in [4.69, 9.17) is 10.5 Å². The minimum Gasteiger partial charge on any atom is -0.380 e. The Labute approximate surface area is 110 Å². The van der Waals surface area contributed by atoms with Crippen LogP contribution < -0.4 is 5.73 Å². The third-order valence-corrected chi connectivity index (χ3v) is 3.88. The molecule has 1 aromatic rings. The lowest BCUT2D eigenvalue weighted by molar-refractivity contribution is 0.0900. The molecule has 18 heavy (non-hydrogen) atoms. The molecule has 1 unspecified atom stereocenters. The third kappa shape index (κ3) is 3.55. The number of hydrogen-bond acceptors (Lipinski definition) is 3. The number of methoxy groups -OCH3 is 1. The number of ether oxygens (including phenoxy) is 1. The molecule has 1 heterocycles. The molecule has 0 amide bonds. The Morgan fingerprint density at radius 1 is 1.22 bits per heavy atom. The molecule has 2 N–H and O–H groups in total. The molecular formula is C15H24N2O. The molecule has 1 aliphatic rings. The maximum Gasteiger partial charge on any atom is 0.0705 e. The van der Waals surface area contributed by atoms with E-state index in [9.17, 15) is 0 Å². The van der Waals surface area contributed by atoms with Gasteiger partial charge in [-0.3, -0.25) is 0 Å². The lowest BCUT2D eigenvalue weighted by Crippen LogP contribution is -2.32. The SMILES string of the molecule is COC(CN)CCN1CCc2ccccc2CC1. The zero-order valence-corrected chi connectivity index (χ0v) is 11.3. The van der Waals surface area contributed by atoms with Crippen molar-refractivity contribution in [3.8, 4) is 0 Å². The van der Waals surface area contributed by atoms with Crippen molar-refractivity contribution >= 4 is 0 Å². The maximum atomic E-state index is 5.66. The summed E-state index contributed by atoms with van der Waals surface area (Å²) in [7, 11) is 1.75. The fourth-order valence-corrected chi connectivity index (χ4v) is 2.60. The maximum absolute atomic E-state index is 5.66. The summed E-state index contributed by atoms with van der Waals surface area (Å²) in [5.41, 5.74) is 8.69. The van der Waals surface area contributed by atoms with E-state index in [2.05, 4.69) is 29.2 Å². The van der Waals surface area contributed by atoms with Crippen molar-refractivity contribution in [3.05, 3.63) is 35.4 Å². The Morgan fingerprint density at radius 3 is 2.33 bits per heavy atom. The molecular weight excluding hydrogens is 224 g/mol. The Bertz CT molecular complexity index is 336. The molecule has 0 saturated carbocycles. The molecule has 2 rings (SSSR count). The van der Waals surface area contributed by atoms with Gasteiger partial charge in [-0.1, -0.05) is 24.3 Å². The second-order valence-electron chi connectivity index (χ2n) is 4.99. The van der Waals surface area contributed by atoms with Gasteiger partial charge in [0.2, 0.25) is 0 Å². The number of nitrogens with two attached hydrogens (primary N) is 1. The van der Waals surface area contributed by atoms with Crippen molar-refractivity contribution in [2.75, 3.05) is 33.3 Å². The Balaban J connectivity index is 1.84. The molecule has 0 radical (unpaired) electrons. The zero-order valence-electron chi connectivity index (χ0n) is 11.3. The van der Waals surface area contributed by atoms with Crippen LogP contribution in [0.25, 0.3) is 0 Å². The van der Waals surface area contributed by atoms with Gasteiger partial charge >= 0.3 is 0 Å². The molecule has 3 heteroatoms. The largest absolute Gasteiger partial charge is 0.380 e. The van der Waals surface area contributed by atoms with Crippen LogP contribution in [0.15, 0.2) is 24.3 Å². The molecule has 0 spiro atoms. The number of nitrogens with zero attached hydrogens (tertiary/aromatic N) is 1. The van der Waals surface area contributed by atoms with E-state index in [1.165, 1.54) is 11.1 Å². The minimum absolute atomic E-state index is 0.204. The smallest absolute Gasteiger partial charge is 0.0705 e. The molecule has 0 fully saturated rings. The lowest BCUT2D eigenvalue weighted by atomic mass is 10.0. The van der Waals surface area contributed by atoms with Gasteiger partial charge in [0.1, 0.15) is 0 Å². The molecule has 3 nitrogen and oxygen atoms in total. The summed E-state index contributed by atoms with van der Waals surface area (Å²) >= 11 is 0. The fraction of sp³-hybridized carbons (Fsp3) is 0.600. The van der Waals surface area contributed by atoms with Crippen LogP contribution in [0.2, 0.25) is 0 Å². The molecule has 0 aliphatic carbocycles. The summed E-state index contributed by atoms with van der Waals surface area (Å²) in [6.45, 7) is 4.00. The van der Waals surface area contributed by atoms with E-state index in [0.717, 1.165) is 38.9 Å². The van der Waals surface area contributed by atoms with Gasteiger partial charge in [0.25, 0.3) is 0 Å². The average molecular weight is 248 g/mol. The number of hydrogen-bond donors (Lipinski definition) is 1. The molecule has 100 valence electrons. The fourth-order valence-electron chi connectivity index (χ4n) is 2.60. The van der Waals surface area contributed by atoms with E-state index in [-0.39, 0.29) is 6.10 Å². The van der Waals surface area contributed by atoms with Gasteiger partial charge in [-0.15, -0.1) is 0 Å². The molecule has 1 aromatic carbocycles. The van der Waals surface area contributed by atoms with Gasteiger partial charge in [-0.05, 0) is 30.4 Å². The van der Waals surface area contributed by atoms with Crippen molar-refractivity contribution in [2.24, 2.45) is 5.73 Å². The van der Waals surface area contributed by atoms with Gasteiger partial charge in [0, 0.05) is 33.3 Å². The van der Waals surface area contributed by atoms with Gasteiger partial charge in [-0.2, -0.15) is 0 Å². The summed E-state index contributed by atoms with van der Waals surface area (Å²) in [5, 5.41) is 0. The quantitative estimate of drug-likeness (QED) is 0.857. The van der Waals surface area contributed by atoms with E-state index in [1.54, 1.807) is 7.11 Å². The van der Waals surface area contributed by atoms with Gasteiger partial charge in [-0.25, -0.2) is 0 Å². The zero-order chi connectivity index (χ0) is 12.8. The highest BCUT2D eigenvalue weighted by Crippen LogP contribution is 2.15. The van der Waals surface area contributed by atoms with E-state index in [0.29, 0.717) is 6.54 Å². The summed E-state index contributed by atoms with van der Waals surface area (Å²) in [6.07, 6.45) is 3.56. The van der Waals surface area contributed by atoms with Crippen molar-refractivity contribution < 1.29 is 4.74 Å². The molecule has 1 aliphatic heterocycles. The van der Waals surface area contributed by atoms with Gasteiger partial charge < -0.3 is 15.4 Å².